The van der Waals surface area contributed by atoms with Gasteiger partial charge >= 0.3 is 0 Å². The van der Waals surface area contributed by atoms with Gasteiger partial charge in [-0.3, -0.25) is 4.90 Å². The maximum Gasteiger partial charge on any atom is 0.109 e. The summed E-state index contributed by atoms with van der Waals surface area (Å²) in [5.41, 5.74) is 0. The SMILES string of the molecule is CCCN(CCC)CCOC(C)N(CCC)C(C)OCCN(CCC)CCC. The van der Waals surface area contributed by atoms with Gasteiger partial charge < -0.3 is 19.3 Å². The molecule has 0 saturated heterocycles. The minimum Gasteiger partial charge on any atom is -0.362 e. The Kier molecular flexibility index (Phi) is 18.7. The predicted octanol–water partition coefficient (Wildman–Crippen LogP) is 4.67. The predicted molar refractivity (Wildman–Crippen MR) is 122 cm³/mol. The molecule has 0 bridgehead atoms. The van der Waals surface area contributed by atoms with Crippen LogP contribution in [0, 0.1) is 0 Å². The lowest BCUT2D eigenvalue weighted by Crippen LogP contribution is -2.45. The Hall–Kier alpha value is -0.200. The summed E-state index contributed by atoms with van der Waals surface area (Å²) < 4.78 is 12.4. The molecule has 0 amide bonds. The molecule has 0 rings (SSSR count). The normalized spacial score (nSPS) is 14.4. The van der Waals surface area contributed by atoms with Crippen LogP contribution in [-0.2, 0) is 9.47 Å². The van der Waals surface area contributed by atoms with E-state index in [1.54, 1.807) is 0 Å². The minimum atomic E-state index is 0.0856. The number of rotatable bonds is 20. The summed E-state index contributed by atoms with van der Waals surface area (Å²) in [6.07, 6.45) is 6.09. The molecule has 0 aliphatic rings. The van der Waals surface area contributed by atoms with Crippen LogP contribution in [0.5, 0.6) is 0 Å². The van der Waals surface area contributed by atoms with Crippen LogP contribution in [0.25, 0.3) is 0 Å². The van der Waals surface area contributed by atoms with E-state index in [-0.39, 0.29) is 12.5 Å². The van der Waals surface area contributed by atoms with E-state index in [2.05, 4.69) is 63.2 Å². The molecule has 0 aliphatic carbocycles. The Morgan fingerprint density at radius 3 is 1.11 bits per heavy atom. The molecule has 2 unspecified atom stereocenters. The summed E-state index contributed by atoms with van der Waals surface area (Å²) >= 11 is 0. The quantitative estimate of drug-likeness (QED) is 0.277. The van der Waals surface area contributed by atoms with E-state index in [0.29, 0.717) is 0 Å². The fourth-order valence-electron chi connectivity index (χ4n) is 3.75. The van der Waals surface area contributed by atoms with Crippen molar-refractivity contribution in [1.29, 1.82) is 0 Å². The third-order valence-electron chi connectivity index (χ3n) is 5.11. The minimum absolute atomic E-state index is 0.0856. The van der Waals surface area contributed by atoms with Gasteiger partial charge in [-0.2, -0.15) is 0 Å². The molecule has 0 saturated carbocycles. The molecule has 28 heavy (non-hydrogen) atoms. The first-order valence-corrected chi connectivity index (χ1v) is 12.0. The molecule has 2 atom stereocenters. The Morgan fingerprint density at radius 1 is 0.500 bits per heavy atom. The highest BCUT2D eigenvalue weighted by Gasteiger charge is 2.21. The van der Waals surface area contributed by atoms with Crippen molar-refractivity contribution in [1.82, 2.24) is 14.7 Å². The number of ether oxygens (including phenoxy) is 2. The van der Waals surface area contributed by atoms with E-state index in [9.17, 15) is 0 Å². The third-order valence-corrected chi connectivity index (χ3v) is 5.11. The second-order valence-electron chi connectivity index (χ2n) is 7.86. The average Bonchev–Trinajstić information content (AvgIpc) is 2.66. The lowest BCUT2D eigenvalue weighted by atomic mass is 10.3. The van der Waals surface area contributed by atoms with Gasteiger partial charge in [-0.1, -0.05) is 34.6 Å². The highest BCUT2D eigenvalue weighted by atomic mass is 16.5. The van der Waals surface area contributed by atoms with Gasteiger partial charge in [0, 0.05) is 19.6 Å². The first-order valence-electron chi connectivity index (χ1n) is 12.0. The molecule has 0 fully saturated rings. The van der Waals surface area contributed by atoms with Gasteiger partial charge in [0.15, 0.2) is 0 Å². The summed E-state index contributed by atoms with van der Waals surface area (Å²) in [6, 6.07) is 0. The highest BCUT2D eigenvalue weighted by Crippen LogP contribution is 2.10. The molecule has 0 heterocycles. The van der Waals surface area contributed by atoms with Crippen molar-refractivity contribution in [3.8, 4) is 0 Å². The lowest BCUT2D eigenvalue weighted by molar-refractivity contribution is -0.143. The lowest BCUT2D eigenvalue weighted by Gasteiger charge is -2.34. The van der Waals surface area contributed by atoms with Crippen molar-refractivity contribution < 1.29 is 9.47 Å². The van der Waals surface area contributed by atoms with Gasteiger partial charge in [-0.25, -0.2) is 0 Å². The van der Waals surface area contributed by atoms with E-state index >= 15 is 0 Å². The molecule has 5 heteroatoms. The Labute approximate surface area is 176 Å². The van der Waals surface area contributed by atoms with Crippen LogP contribution in [0.2, 0.25) is 0 Å². The molecular weight excluding hydrogens is 350 g/mol. The molecule has 0 aliphatic heterocycles. The van der Waals surface area contributed by atoms with Crippen LogP contribution in [0.15, 0.2) is 0 Å². The molecule has 0 spiro atoms. The van der Waals surface area contributed by atoms with E-state index in [4.69, 9.17) is 9.47 Å². The molecule has 0 aromatic rings. The van der Waals surface area contributed by atoms with Gasteiger partial charge in [0.1, 0.15) is 12.5 Å². The van der Waals surface area contributed by atoms with Crippen LogP contribution < -0.4 is 0 Å². The fourth-order valence-corrected chi connectivity index (χ4v) is 3.75. The van der Waals surface area contributed by atoms with Crippen molar-refractivity contribution in [3.05, 3.63) is 0 Å². The van der Waals surface area contributed by atoms with Crippen LogP contribution in [0.3, 0.4) is 0 Å². The maximum absolute atomic E-state index is 6.20. The van der Waals surface area contributed by atoms with E-state index in [1.807, 2.05) is 0 Å². The standard InChI is InChI=1S/C23H51N3O2/c1-8-13-24(14-9-2)18-20-27-22(6)26(17-12-5)23(7)28-21-19-25(15-10-3)16-11-4/h22-23H,8-21H2,1-7H3. The van der Waals surface area contributed by atoms with Crippen LogP contribution in [0.1, 0.15) is 80.6 Å². The highest BCUT2D eigenvalue weighted by molar-refractivity contribution is 4.64. The van der Waals surface area contributed by atoms with Crippen molar-refractivity contribution in [2.45, 2.75) is 93.0 Å². The Morgan fingerprint density at radius 2 is 0.821 bits per heavy atom. The van der Waals surface area contributed by atoms with Gasteiger partial charge in [0.05, 0.1) is 13.2 Å². The Balaban J connectivity index is 4.39. The van der Waals surface area contributed by atoms with Gasteiger partial charge in [-0.05, 0) is 72.1 Å². The van der Waals surface area contributed by atoms with Crippen molar-refractivity contribution >= 4 is 0 Å². The zero-order chi connectivity index (χ0) is 21.2. The van der Waals surface area contributed by atoms with Crippen LogP contribution in [-0.4, -0.2) is 86.2 Å². The maximum atomic E-state index is 6.20. The van der Waals surface area contributed by atoms with E-state index in [1.165, 1.54) is 25.7 Å². The first kappa shape index (κ1) is 27.8. The topological polar surface area (TPSA) is 28.2 Å². The summed E-state index contributed by atoms with van der Waals surface area (Å²) in [7, 11) is 0. The summed E-state index contributed by atoms with van der Waals surface area (Å²) in [5, 5.41) is 0. The zero-order valence-corrected chi connectivity index (χ0v) is 20.2. The summed E-state index contributed by atoms with van der Waals surface area (Å²) in [6.45, 7) is 24.8. The average molecular weight is 402 g/mol. The molecule has 170 valence electrons. The van der Waals surface area contributed by atoms with Gasteiger partial charge in [0.2, 0.25) is 0 Å². The summed E-state index contributed by atoms with van der Waals surface area (Å²) in [5.74, 6) is 0. The summed E-state index contributed by atoms with van der Waals surface area (Å²) in [4.78, 5) is 7.37. The van der Waals surface area contributed by atoms with Crippen LogP contribution in [0.4, 0.5) is 0 Å². The number of nitrogens with zero attached hydrogens (tertiary/aromatic N) is 3. The molecule has 0 N–H and O–H groups in total. The first-order chi connectivity index (χ1) is 13.5. The van der Waals surface area contributed by atoms with Crippen molar-refractivity contribution in [2.75, 3.05) is 59.0 Å². The zero-order valence-electron chi connectivity index (χ0n) is 20.2. The van der Waals surface area contributed by atoms with Crippen LogP contribution >= 0.6 is 0 Å². The van der Waals surface area contributed by atoms with Crippen molar-refractivity contribution in [3.63, 3.8) is 0 Å². The molecule has 0 aromatic carbocycles. The second-order valence-corrected chi connectivity index (χ2v) is 7.86. The van der Waals surface area contributed by atoms with Crippen molar-refractivity contribution in [2.24, 2.45) is 0 Å². The number of hydrogen-bond donors (Lipinski definition) is 0. The second kappa shape index (κ2) is 18.8. The molecule has 5 nitrogen and oxygen atoms in total. The van der Waals surface area contributed by atoms with Gasteiger partial charge in [-0.15, -0.1) is 0 Å². The fraction of sp³-hybridized carbons (Fsp3) is 1.00. The largest absolute Gasteiger partial charge is 0.362 e. The molecule has 0 aromatic heterocycles. The smallest absolute Gasteiger partial charge is 0.109 e. The van der Waals surface area contributed by atoms with E-state index < -0.39 is 0 Å². The number of hydrogen-bond acceptors (Lipinski definition) is 5. The molecule has 0 radical (unpaired) electrons. The monoisotopic (exact) mass is 401 g/mol. The van der Waals surface area contributed by atoms with E-state index in [0.717, 1.165) is 65.4 Å². The Bertz CT molecular complexity index is 291. The third kappa shape index (κ3) is 13.1. The van der Waals surface area contributed by atoms with Gasteiger partial charge in [0.25, 0.3) is 0 Å². The molecular formula is C23H51N3O2.